The molecule has 1 aliphatic heterocycles. The van der Waals surface area contributed by atoms with Crippen molar-refractivity contribution < 1.29 is 13.5 Å². The van der Waals surface area contributed by atoms with E-state index < -0.39 is 16.1 Å². The zero-order valence-corrected chi connectivity index (χ0v) is 14.4. The molecule has 0 bridgehead atoms. The predicted molar refractivity (Wildman–Crippen MR) is 89.7 cm³/mol. The molecule has 0 aliphatic carbocycles. The quantitative estimate of drug-likeness (QED) is 0.870. The highest BCUT2D eigenvalue weighted by atomic mass is 32.2. The topological polar surface area (TPSA) is 88.3 Å². The fraction of sp³-hybridized carbons (Fsp3) is 0.500. The molecule has 1 saturated heterocycles. The van der Waals surface area contributed by atoms with Crippen LogP contribution in [0.25, 0.3) is 0 Å². The molecule has 1 fully saturated rings. The Morgan fingerprint density at radius 1 is 1.25 bits per heavy atom. The van der Waals surface area contributed by atoms with Gasteiger partial charge in [0.25, 0.3) is 0 Å². The third-order valence-corrected chi connectivity index (χ3v) is 5.74. The highest BCUT2D eigenvalue weighted by Crippen LogP contribution is 2.22. The van der Waals surface area contributed by atoms with Crippen molar-refractivity contribution in [2.24, 2.45) is 5.92 Å². The van der Waals surface area contributed by atoms with Gasteiger partial charge in [0, 0.05) is 19.6 Å². The Labute approximate surface area is 142 Å². The lowest BCUT2D eigenvalue weighted by Crippen LogP contribution is -2.38. The molecule has 130 valence electrons. The van der Waals surface area contributed by atoms with Crippen LogP contribution in [0.4, 0.5) is 0 Å². The second kappa shape index (κ2) is 7.00. The smallest absolute Gasteiger partial charge is 0.211 e. The Hall–Kier alpha value is -1.77. The summed E-state index contributed by atoms with van der Waals surface area (Å²) in [6, 6.07) is 9.35. The molecular formula is C16H22N4O3S. The zero-order chi connectivity index (χ0) is 17.2. The van der Waals surface area contributed by atoms with Gasteiger partial charge in [0.15, 0.2) is 0 Å². The van der Waals surface area contributed by atoms with Crippen molar-refractivity contribution in [2.75, 3.05) is 19.3 Å². The molecule has 8 heteroatoms. The number of nitrogens with zero attached hydrogens (tertiary/aromatic N) is 4. The molecule has 7 nitrogen and oxygen atoms in total. The van der Waals surface area contributed by atoms with E-state index in [1.54, 1.807) is 10.9 Å². The second-order valence-corrected chi connectivity index (χ2v) is 8.27. The molecule has 1 aliphatic rings. The average Bonchev–Trinajstić information content (AvgIpc) is 3.03. The number of benzene rings is 1. The lowest BCUT2D eigenvalue weighted by Gasteiger charge is -2.29. The molecule has 1 aromatic heterocycles. The van der Waals surface area contributed by atoms with Crippen LogP contribution < -0.4 is 0 Å². The molecule has 24 heavy (non-hydrogen) atoms. The largest absolute Gasteiger partial charge is 0.382 e. The molecular weight excluding hydrogens is 328 g/mol. The van der Waals surface area contributed by atoms with Gasteiger partial charge in [-0.1, -0.05) is 35.5 Å². The summed E-state index contributed by atoms with van der Waals surface area (Å²) in [6.07, 6.45) is 3.85. The van der Waals surface area contributed by atoms with Gasteiger partial charge < -0.3 is 5.11 Å². The van der Waals surface area contributed by atoms with Gasteiger partial charge in [-0.3, -0.25) is 4.68 Å². The summed E-state index contributed by atoms with van der Waals surface area (Å²) in [7, 11) is -3.09. The molecule has 0 amide bonds. The van der Waals surface area contributed by atoms with Crippen molar-refractivity contribution >= 4 is 10.0 Å². The van der Waals surface area contributed by atoms with Gasteiger partial charge in [0.1, 0.15) is 11.8 Å². The highest BCUT2D eigenvalue weighted by Gasteiger charge is 2.25. The van der Waals surface area contributed by atoms with Gasteiger partial charge in [0.05, 0.1) is 12.5 Å². The summed E-state index contributed by atoms with van der Waals surface area (Å²) < 4.78 is 26.3. The molecule has 2 aromatic rings. The first-order valence-corrected chi connectivity index (χ1v) is 9.86. The molecule has 1 N–H and O–H groups in total. The van der Waals surface area contributed by atoms with E-state index >= 15 is 0 Å². The average molecular weight is 350 g/mol. The van der Waals surface area contributed by atoms with Crippen molar-refractivity contribution in [1.82, 2.24) is 19.3 Å². The lowest BCUT2D eigenvalue weighted by molar-refractivity contribution is 0.215. The normalized spacial score (nSPS) is 18.6. The standard InChI is InChI=1S/C16H22N4O3S/c1-24(22,23)20-9-7-13(8-10-20)11-19-12-15(17-18-19)16(21)14-5-3-2-4-6-14/h2-6,12-13,16,21H,7-11H2,1H3/t16-/m0/s1. The van der Waals surface area contributed by atoms with E-state index in [-0.39, 0.29) is 0 Å². The number of piperidine rings is 1. The van der Waals surface area contributed by atoms with Crippen molar-refractivity contribution in [3.63, 3.8) is 0 Å². The van der Waals surface area contributed by atoms with Gasteiger partial charge in [0.2, 0.25) is 10.0 Å². The monoisotopic (exact) mass is 350 g/mol. The van der Waals surface area contributed by atoms with E-state index in [0.29, 0.717) is 31.2 Å². The summed E-state index contributed by atoms with van der Waals surface area (Å²) in [6.45, 7) is 1.79. The van der Waals surface area contributed by atoms with Crippen LogP contribution in [-0.4, -0.2) is 52.2 Å². The summed E-state index contributed by atoms with van der Waals surface area (Å²) >= 11 is 0. The zero-order valence-electron chi connectivity index (χ0n) is 13.6. The van der Waals surface area contributed by atoms with Crippen LogP contribution in [0, 0.1) is 5.92 Å². The number of hydrogen-bond acceptors (Lipinski definition) is 5. The van der Waals surface area contributed by atoms with Crippen molar-refractivity contribution in [1.29, 1.82) is 0 Å². The minimum absolute atomic E-state index is 0.367. The van der Waals surface area contributed by atoms with E-state index in [0.717, 1.165) is 18.4 Å². The maximum absolute atomic E-state index is 11.5. The third-order valence-electron chi connectivity index (χ3n) is 4.44. The first-order valence-electron chi connectivity index (χ1n) is 8.01. The van der Waals surface area contributed by atoms with Crippen LogP contribution in [0.1, 0.15) is 30.2 Å². The Balaban J connectivity index is 1.59. The number of aromatic nitrogens is 3. The Morgan fingerprint density at radius 2 is 1.92 bits per heavy atom. The Kier molecular flexibility index (Phi) is 4.98. The van der Waals surface area contributed by atoms with E-state index in [1.165, 1.54) is 10.6 Å². The van der Waals surface area contributed by atoms with Gasteiger partial charge in [-0.15, -0.1) is 5.10 Å². The maximum atomic E-state index is 11.5. The summed E-state index contributed by atoms with van der Waals surface area (Å²) in [4.78, 5) is 0. The fourth-order valence-corrected chi connectivity index (χ4v) is 3.90. The number of hydrogen-bond donors (Lipinski definition) is 1. The van der Waals surface area contributed by atoms with E-state index in [2.05, 4.69) is 10.3 Å². The molecule has 0 spiro atoms. The summed E-state index contributed by atoms with van der Waals surface area (Å²) in [5, 5.41) is 18.5. The van der Waals surface area contributed by atoms with Gasteiger partial charge >= 0.3 is 0 Å². The van der Waals surface area contributed by atoms with Gasteiger partial charge in [-0.25, -0.2) is 12.7 Å². The van der Waals surface area contributed by atoms with Gasteiger partial charge in [-0.2, -0.15) is 0 Å². The van der Waals surface area contributed by atoms with Crippen molar-refractivity contribution in [3.05, 3.63) is 47.8 Å². The van der Waals surface area contributed by atoms with Crippen LogP contribution in [-0.2, 0) is 16.6 Å². The molecule has 1 atom stereocenters. The van der Waals surface area contributed by atoms with Crippen molar-refractivity contribution in [3.8, 4) is 0 Å². The third kappa shape index (κ3) is 4.00. The molecule has 0 radical (unpaired) electrons. The van der Waals surface area contributed by atoms with Crippen LogP contribution >= 0.6 is 0 Å². The lowest BCUT2D eigenvalue weighted by atomic mass is 9.98. The minimum atomic E-state index is -3.09. The Morgan fingerprint density at radius 3 is 2.54 bits per heavy atom. The number of aliphatic hydroxyl groups excluding tert-OH is 1. The minimum Gasteiger partial charge on any atom is -0.382 e. The molecule has 0 saturated carbocycles. The van der Waals surface area contributed by atoms with Crippen LogP contribution in [0.15, 0.2) is 36.5 Å². The van der Waals surface area contributed by atoms with Crippen LogP contribution in [0.2, 0.25) is 0 Å². The summed E-state index contributed by atoms with van der Waals surface area (Å²) in [5.41, 5.74) is 1.31. The van der Waals surface area contributed by atoms with Crippen LogP contribution in [0.5, 0.6) is 0 Å². The van der Waals surface area contributed by atoms with Crippen molar-refractivity contribution in [2.45, 2.75) is 25.5 Å². The van der Waals surface area contributed by atoms with E-state index in [1.807, 2.05) is 30.3 Å². The number of aliphatic hydroxyl groups is 1. The second-order valence-electron chi connectivity index (χ2n) is 6.28. The predicted octanol–water partition coefficient (Wildman–Crippen LogP) is 1.03. The first-order chi connectivity index (χ1) is 11.4. The highest BCUT2D eigenvalue weighted by molar-refractivity contribution is 7.88. The molecule has 0 unspecified atom stereocenters. The first kappa shape index (κ1) is 17.1. The summed E-state index contributed by atoms with van der Waals surface area (Å²) in [5.74, 6) is 0.367. The maximum Gasteiger partial charge on any atom is 0.211 e. The van der Waals surface area contributed by atoms with E-state index in [9.17, 15) is 13.5 Å². The SMILES string of the molecule is CS(=O)(=O)N1CCC(Cn2cc([C@@H](O)c3ccccc3)nn2)CC1. The van der Waals surface area contributed by atoms with E-state index in [4.69, 9.17) is 0 Å². The van der Waals surface area contributed by atoms with Crippen LogP contribution in [0.3, 0.4) is 0 Å². The molecule has 3 rings (SSSR count). The van der Waals surface area contributed by atoms with Gasteiger partial charge in [-0.05, 0) is 24.3 Å². The number of rotatable bonds is 5. The Bertz CT molecular complexity index is 768. The molecule has 2 heterocycles. The fourth-order valence-electron chi connectivity index (χ4n) is 3.02. The number of sulfonamides is 1. The molecule has 1 aromatic carbocycles.